The van der Waals surface area contributed by atoms with E-state index in [1.807, 2.05) is 19.9 Å². The van der Waals surface area contributed by atoms with Crippen molar-refractivity contribution >= 4 is 5.91 Å². The smallest absolute Gasteiger partial charge is 0.249 e. The zero-order valence-corrected chi connectivity index (χ0v) is 43.5. The molecule has 0 radical (unpaired) electrons. The minimum atomic E-state index is -1.39. The summed E-state index contributed by atoms with van der Waals surface area (Å²) in [6, 6.07) is -0.865. The van der Waals surface area contributed by atoms with Crippen LogP contribution in [-0.2, 0) is 19.0 Å². The normalized spacial score (nSPS) is 26.1. The third-order valence-electron chi connectivity index (χ3n) is 15.2. The van der Waals surface area contributed by atoms with E-state index in [0.29, 0.717) is 12.8 Å². The van der Waals surface area contributed by atoms with E-state index in [1.54, 1.807) is 0 Å². The molecule has 3 rings (SSSR count). The number of rotatable bonds is 44. The Kier molecular flexibility index (Phi) is 33.5. The molecule has 0 aromatic heterocycles. The molecule has 0 spiro atoms. The predicted octanol–water partition coefficient (Wildman–Crippen LogP) is 12.0. The maximum absolute atomic E-state index is 13.4. The Morgan fingerprint density at radius 2 is 1.10 bits per heavy atom. The van der Waals surface area contributed by atoms with Crippen LogP contribution in [0.5, 0.6) is 0 Å². The van der Waals surface area contributed by atoms with Crippen LogP contribution in [0.3, 0.4) is 0 Å². The molecule has 0 aromatic carbocycles. The summed E-state index contributed by atoms with van der Waals surface area (Å²) in [5, 5.41) is 56.6. The van der Waals surface area contributed by atoms with Crippen LogP contribution in [-0.4, -0.2) is 100 Å². The monoisotopic (exact) mass is 948 g/mol. The molecule has 10 heteroatoms. The van der Waals surface area contributed by atoms with Crippen molar-refractivity contribution in [1.82, 2.24) is 5.32 Å². The number of carbonyl (C=O) groups is 1. The molecule has 1 saturated heterocycles. The van der Waals surface area contributed by atoms with E-state index in [1.165, 1.54) is 167 Å². The van der Waals surface area contributed by atoms with Crippen molar-refractivity contribution in [2.75, 3.05) is 19.8 Å². The maximum Gasteiger partial charge on any atom is 0.249 e. The van der Waals surface area contributed by atoms with Crippen molar-refractivity contribution in [2.45, 2.75) is 289 Å². The molecule has 0 aromatic rings. The predicted molar refractivity (Wildman–Crippen MR) is 274 cm³/mol. The van der Waals surface area contributed by atoms with E-state index in [9.17, 15) is 30.3 Å². The molecule has 3 fully saturated rings. The third kappa shape index (κ3) is 27.2. The summed E-state index contributed by atoms with van der Waals surface area (Å²) in [5.41, 5.74) is 1.01. The fourth-order valence-electron chi connectivity index (χ4n) is 10.3. The summed E-state index contributed by atoms with van der Waals surface area (Å²) in [7, 11) is 0. The van der Waals surface area contributed by atoms with Crippen molar-refractivity contribution in [3.05, 3.63) is 23.8 Å². The van der Waals surface area contributed by atoms with E-state index >= 15 is 0 Å². The number of nitrogens with one attached hydrogen (secondary N) is 1. The van der Waals surface area contributed by atoms with E-state index in [4.69, 9.17) is 14.2 Å². The molecular formula is C57H105NO9. The number of aliphatic hydroxyl groups excluding tert-OH is 5. The number of unbranched alkanes of at least 4 members (excludes halogenated alkanes) is 20. The highest BCUT2D eigenvalue weighted by Crippen LogP contribution is 2.46. The molecule has 67 heavy (non-hydrogen) atoms. The third-order valence-corrected chi connectivity index (χ3v) is 15.2. The molecule has 392 valence electrons. The van der Waals surface area contributed by atoms with Gasteiger partial charge in [-0.2, -0.15) is 0 Å². The fourth-order valence-corrected chi connectivity index (χ4v) is 10.3. The molecule has 1 heterocycles. The number of amides is 1. The lowest BCUT2D eigenvalue weighted by molar-refractivity contribution is -0.310. The van der Waals surface area contributed by atoms with Gasteiger partial charge < -0.3 is 45.1 Å². The van der Waals surface area contributed by atoms with Gasteiger partial charge >= 0.3 is 0 Å². The lowest BCUT2D eigenvalue weighted by Crippen LogP contribution is -2.61. The standard InChI is InChI=1S/C57H105NO9/c1-5-7-9-11-13-15-20-26-32-45-40-47(45)34-28-22-17-18-24-31-37-51(61)56(64)58-49(43-66-57-55(65-39-38-44(3)4)54(63)53(62)52(42-59)67-57)50(60)36-30-25-19-23-29-35-48-41-46(48)33-27-21-16-14-12-10-8-6-2/h18,24,38,45-55,57,59-63H,5-17,19-23,25-37,39-43H2,1-4H3,(H,58,64)/b24-18-/t45?,46?,47?,48?,49-,50+,51+,52?,53?,54?,55?,57?/m0/s1. The van der Waals surface area contributed by atoms with Gasteiger partial charge in [0.15, 0.2) is 6.29 Å². The zero-order valence-electron chi connectivity index (χ0n) is 43.5. The maximum atomic E-state index is 13.4. The van der Waals surface area contributed by atoms with Gasteiger partial charge in [-0.05, 0) is 82.5 Å². The quantitative estimate of drug-likeness (QED) is 0.0258. The first kappa shape index (κ1) is 59.9. The van der Waals surface area contributed by atoms with Crippen LogP contribution in [0, 0.1) is 23.7 Å². The highest BCUT2D eigenvalue weighted by Gasteiger charge is 2.46. The average molecular weight is 948 g/mol. The Morgan fingerprint density at radius 3 is 1.61 bits per heavy atom. The number of carbonyl (C=O) groups excluding carboxylic acids is 1. The second-order valence-electron chi connectivity index (χ2n) is 21.5. The summed E-state index contributed by atoms with van der Waals surface area (Å²) in [5.74, 6) is 3.21. The van der Waals surface area contributed by atoms with Crippen molar-refractivity contribution in [2.24, 2.45) is 23.7 Å². The van der Waals surface area contributed by atoms with E-state index < -0.39 is 61.5 Å². The number of allylic oxidation sites excluding steroid dienone is 3. The van der Waals surface area contributed by atoms with Gasteiger partial charge in [-0.3, -0.25) is 4.79 Å². The molecule has 1 amide bonds. The van der Waals surface area contributed by atoms with Crippen LogP contribution in [0.15, 0.2) is 23.8 Å². The van der Waals surface area contributed by atoms with Gasteiger partial charge in [-0.25, -0.2) is 0 Å². The summed E-state index contributed by atoms with van der Waals surface area (Å²) in [4.78, 5) is 13.4. The Labute approximate surface area is 410 Å². The first-order chi connectivity index (χ1) is 32.6. The largest absolute Gasteiger partial charge is 0.394 e. The first-order valence-electron chi connectivity index (χ1n) is 28.4. The second-order valence-corrected chi connectivity index (χ2v) is 21.5. The van der Waals surface area contributed by atoms with Crippen molar-refractivity contribution in [1.29, 1.82) is 0 Å². The fraction of sp³-hybridized carbons (Fsp3) is 0.912. The van der Waals surface area contributed by atoms with Crippen LogP contribution in [0.2, 0.25) is 0 Å². The minimum Gasteiger partial charge on any atom is -0.394 e. The zero-order chi connectivity index (χ0) is 48.5. The Bertz CT molecular complexity index is 1280. The van der Waals surface area contributed by atoms with Crippen molar-refractivity contribution < 1.29 is 44.5 Å². The van der Waals surface area contributed by atoms with Crippen LogP contribution < -0.4 is 5.32 Å². The molecule has 0 bridgehead atoms. The topological polar surface area (TPSA) is 158 Å². The second kappa shape index (κ2) is 37.4. The lowest BCUT2D eigenvalue weighted by Gasteiger charge is -2.42. The minimum absolute atomic E-state index is 0.147. The molecule has 2 aliphatic carbocycles. The first-order valence-corrected chi connectivity index (χ1v) is 28.4. The van der Waals surface area contributed by atoms with Crippen LogP contribution in [0.25, 0.3) is 0 Å². The van der Waals surface area contributed by atoms with E-state index in [0.717, 1.165) is 54.9 Å². The lowest BCUT2D eigenvalue weighted by atomic mass is 9.99. The average Bonchev–Trinajstić information content (AvgIpc) is 4.25. The molecule has 12 atom stereocenters. The van der Waals surface area contributed by atoms with Gasteiger partial charge in [0.2, 0.25) is 5.91 Å². The van der Waals surface area contributed by atoms with Gasteiger partial charge in [0.05, 0.1) is 32.0 Å². The molecular weight excluding hydrogens is 843 g/mol. The van der Waals surface area contributed by atoms with Crippen LogP contribution in [0.1, 0.15) is 240 Å². The molecule has 6 N–H and O–H groups in total. The van der Waals surface area contributed by atoms with Crippen LogP contribution in [0.4, 0.5) is 0 Å². The number of ether oxygens (including phenoxy) is 3. The molecule has 2 saturated carbocycles. The van der Waals surface area contributed by atoms with E-state index in [-0.39, 0.29) is 19.6 Å². The molecule has 1 aliphatic heterocycles. The van der Waals surface area contributed by atoms with Crippen LogP contribution >= 0.6 is 0 Å². The summed E-state index contributed by atoms with van der Waals surface area (Å²) >= 11 is 0. The molecule has 3 aliphatic rings. The van der Waals surface area contributed by atoms with Gasteiger partial charge in [-0.1, -0.05) is 205 Å². The number of hydrogen-bond acceptors (Lipinski definition) is 9. The van der Waals surface area contributed by atoms with Gasteiger partial charge in [0.25, 0.3) is 0 Å². The Morgan fingerprint density at radius 1 is 0.627 bits per heavy atom. The Hall–Kier alpha value is -1.37. The highest BCUT2D eigenvalue weighted by molar-refractivity contribution is 5.80. The van der Waals surface area contributed by atoms with Gasteiger partial charge in [-0.15, -0.1) is 0 Å². The van der Waals surface area contributed by atoms with Gasteiger partial charge in [0, 0.05) is 0 Å². The van der Waals surface area contributed by atoms with Gasteiger partial charge in [0.1, 0.15) is 30.5 Å². The Balaban J connectivity index is 1.37. The summed E-state index contributed by atoms with van der Waals surface area (Å²) < 4.78 is 17.9. The number of aliphatic hydroxyl groups is 5. The highest BCUT2D eigenvalue weighted by atomic mass is 16.7. The van der Waals surface area contributed by atoms with Crippen molar-refractivity contribution in [3.8, 4) is 0 Å². The molecule has 9 unspecified atom stereocenters. The molecule has 10 nitrogen and oxygen atoms in total. The number of hydrogen-bond donors (Lipinski definition) is 6. The summed E-state index contributed by atoms with van der Waals surface area (Å²) in [6.07, 6.45) is 38.3. The van der Waals surface area contributed by atoms with Crippen molar-refractivity contribution in [3.63, 3.8) is 0 Å². The van der Waals surface area contributed by atoms with E-state index in [2.05, 4.69) is 31.3 Å². The SMILES string of the molecule is CCCCCCCCCCC1CC1CCCC/C=C\CC[C@@H](O)C(=O)N[C@@H](COC1OC(CO)C(O)C(O)C1OCC=C(C)C)[C@H](O)CCCCCCCC1CC1CCCCCCCCCC. The summed E-state index contributed by atoms with van der Waals surface area (Å²) in [6.45, 7) is 7.82.